The quantitative estimate of drug-likeness (QED) is 0.341. The molecule has 210 valence electrons. The van der Waals surface area contributed by atoms with Gasteiger partial charge in [0.25, 0.3) is 5.91 Å². The summed E-state index contributed by atoms with van der Waals surface area (Å²) in [5, 5.41) is 14.6. The maximum Gasteiger partial charge on any atom is 0.408 e. The number of benzene rings is 1. The molecule has 0 saturated carbocycles. The molecule has 4 N–H and O–H groups in total. The van der Waals surface area contributed by atoms with Crippen molar-refractivity contribution in [2.24, 2.45) is 11.8 Å². The third kappa shape index (κ3) is 8.13. The predicted octanol–water partition coefficient (Wildman–Crippen LogP) is 0.701. The van der Waals surface area contributed by atoms with E-state index in [1.807, 2.05) is 30.3 Å². The average molecular weight is 541 g/mol. The number of carbonyl (C=O) groups is 5. The highest BCUT2D eigenvalue weighted by Crippen LogP contribution is 2.11. The third-order valence-corrected chi connectivity index (χ3v) is 6.37. The number of ketones is 1. The third-order valence-electron chi connectivity index (χ3n) is 6.37. The lowest BCUT2D eigenvalue weighted by molar-refractivity contribution is -0.140. The van der Waals surface area contributed by atoms with E-state index in [1.165, 1.54) is 0 Å². The van der Waals surface area contributed by atoms with Gasteiger partial charge in [-0.05, 0) is 23.5 Å². The first-order valence-electron chi connectivity index (χ1n) is 13.0. The molecule has 1 aromatic heterocycles. The second kappa shape index (κ2) is 13.5. The molecule has 1 aliphatic rings. The zero-order chi connectivity index (χ0) is 28.5. The van der Waals surface area contributed by atoms with Gasteiger partial charge in [-0.1, -0.05) is 58.0 Å². The van der Waals surface area contributed by atoms with E-state index in [9.17, 15) is 24.0 Å². The fraction of sp³-hybridized carbons (Fsp3) is 0.481. The normalized spacial score (nSPS) is 17.1. The van der Waals surface area contributed by atoms with E-state index in [1.54, 1.807) is 44.6 Å². The van der Waals surface area contributed by atoms with E-state index in [2.05, 4.69) is 26.4 Å². The molecule has 39 heavy (non-hydrogen) atoms. The van der Waals surface area contributed by atoms with E-state index < -0.39 is 47.7 Å². The minimum Gasteiger partial charge on any atom is -0.445 e. The second-order valence-corrected chi connectivity index (χ2v) is 10.1. The SMILES string of the molecule is CC(C)C(NC(=O)OCc1ccccc1)C(=O)NC(C(=O)NC1Cc2ccnn2CCNC(=O)C1=O)C(C)C. The number of nitrogens with one attached hydrogen (secondary N) is 4. The molecule has 12 nitrogen and oxygen atoms in total. The minimum absolute atomic E-state index is 0.0397. The number of hydrogen-bond donors (Lipinski definition) is 4. The lowest BCUT2D eigenvalue weighted by Gasteiger charge is -2.28. The van der Waals surface area contributed by atoms with E-state index in [-0.39, 0.29) is 31.4 Å². The first kappa shape index (κ1) is 29.3. The number of aromatic nitrogens is 2. The Morgan fingerprint density at radius 3 is 2.33 bits per heavy atom. The van der Waals surface area contributed by atoms with E-state index in [0.29, 0.717) is 12.2 Å². The molecule has 0 aliphatic carbocycles. The van der Waals surface area contributed by atoms with E-state index in [4.69, 9.17) is 4.74 Å². The van der Waals surface area contributed by atoms with Gasteiger partial charge in [-0.2, -0.15) is 5.10 Å². The lowest BCUT2D eigenvalue weighted by Crippen LogP contribution is -2.59. The molecule has 3 rings (SSSR count). The number of alkyl carbamates (subject to hydrolysis) is 1. The van der Waals surface area contributed by atoms with Gasteiger partial charge >= 0.3 is 6.09 Å². The summed E-state index contributed by atoms with van der Waals surface area (Å²) in [7, 11) is 0. The number of amides is 4. The summed E-state index contributed by atoms with van der Waals surface area (Å²) < 4.78 is 6.91. The molecule has 0 saturated heterocycles. The van der Waals surface area contributed by atoms with Gasteiger partial charge < -0.3 is 26.0 Å². The van der Waals surface area contributed by atoms with Gasteiger partial charge in [0.15, 0.2) is 0 Å². The Hall–Kier alpha value is -4.22. The van der Waals surface area contributed by atoms with Crippen molar-refractivity contribution in [1.82, 2.24) is 31.0 Å². The summed E-state index contributed by atoms with van der Waals surface area (Å²) in [4.78, 5) is 64.0. The molecule has 3 unspecified atom stereocenters. The summed E-state index contributed by atoms with van der Waals surface area (Å²) in [5.74, 6) is -3.46. The summed E-state index contributed by atoms with van der Waals surface area (Å²) in [6.07, 6.45) is 0.890. The van der Waals surface area contributed by atoms with Crippen LogP contribution >= 0.6 is 0 Å². The van der Waals surface area contributed by atoms with Crippen LogP contribution in [0.3, 0.4) is 0 Å². The van der Waals surface area contributed by atoms with Crippen LogP contribution in [0.1, 0.15) is 39.0 Å². The number of rotatable bonds is 9. The van der Waals surface area contributed by atoms with Gasteiger partial charge in [0.2, 0.25) is 17.6 Å². The first-order valence-corrected chi connectivity index (χ1v) is 13.0. The Morgan fingerprint density at radius 1 is 1.00 bits per heavy atom. The van der Waals surface area contributed by atoms with Crippen molar-refractivity contribution in [3.8, 4) is 0 Å². The van der Waals surface area contributed by atoms with Gasteiger partial charge in [0, 0.05) is 24.9 Å². The zero-order valence-electron chi connectivity index (χ0n) is 22.6. The van der Waals surface area contributed by atoms with Crippen molar-refractivity contribution in [1.29, 1.82) is 0 Å². The number of ether oxygens (including phenoxy) is 1. The van der Waals surface area contributed by atoms with Crippen LogP contribution in [-0.4, -0.2) is 64.0 Å². The van der Waals surface area contributed by atoms with Crippen LogP contribution in [-0.2, 0) is 43.5 Å². The van der Waals surface area contributed by atoms with Crippen LogP contribution in [0, 0.1) is 11.8 Å². The van der Waals surface area contributed by atoms with Crippen LogP contribution in [0.15, 0.2) is 42.6 Å². The van der Waals surface area contributed by atoms with Crippen molar-refractivity contribution >= 4 is 29.6 Å². The summed E-state index contributed by atoms with van der Waals surface area (Å²) in [5.41, 5.74) is 1.49. The molecule has 4 amide bonds. The van der Waals surface area contributed by atoms with Crippen LogP contribution < -0.4 is 21.3 Å². The van der Waals surface area contributed by atoms with Gasteiger partial charge in [-0.25, -0.2) is 4.79 Å². The Balaban J connectivity index is 1.67. The monoisotopic (exact) mass is 540 g/mol. The van der Waals surface area contributed by atoms with Gasteiger partial charge in [-0.3, -0.25) is 23.9 Å². The van der Waals surface area contributed by atoms with Crippen molar-refractivity contribution in [3.05, 3.63) is 53.9 Å². The molecule has 0 bridgehead atoms. The van der Waals surface area contributed by atoms with Gasteiger partial charge in [0.1, 0.15) is 24.7 Å². The van der Waals surface area contributed by atoms with E-state index in [0.717, 1.165) is 5.56 Å². The molecular formula is C27H36N6O6. The van der Waals surface area contributed by atoms with Crippen molar-refractivity contribution in [2.45, 2.75) is 65.4 Å². The molecule has 12 heteroatoms. The fourth-order valence-corrected chi connectivity index (χ4v) is 4.14. The molecule has 0 radical (unpaired) electrons. The Morgan fingerprint density at radius 2 is 1.67 bits per heavy atom. The smallest absolute Gasteiger partial charge is 0.408 e. The Kier molecular flexibility index (Phi) is 10.2. The van der Waals surface area contributed by atoms with Crippen molar-refractivity contribution in [3.63, 3.8) is 0 Å². The number of nitrogens with zero attached hydrogens (tertiary/aromatic N) is 2. The minimum atomic E-state index is -1.14. The molecule has 0 spiro atoms. The molecule has 0 fully saturated rings. The second-order valence-electron chi connectivity index (χ2n) is 10.1. The predicted molar refractivity (Wildman–Crippen MR) is 141 cm³/mol. The van der Waals surface area contributed by atoms with Crippen LogP contribution in [0.5, 0.6) is 0 Å². The van der Waals surface area contributed by atoms with Gasteiger partial charge in [0.05, 0.1) is 6.54 Å². The molecular weight excluding hydrogens is 504 g/mol. The number of fused-ring (bicyclic) bond motifs is 1. The molecule has 3 atom stereocenters. The van der Waals surface area contributed by atoms with Crippen LogP contribution in [0.2, 0.25) is 0 Å². The van der Waals surface area contributed by atoms with E-state index >= 15 is 0 Å². The number of carbonyl (C=O) groups excluding carboxylic acids is 5. The van der Waals surface area contributed by atoms with Crippen molar-refractivity contribution < 1.29 is 28.7 Å². The van der Waals surface area contributed by atoms with Crippen LogP contribution in [0.25, 0.3) is 0 Å². The molecule has 2 aromatic rings. The molecule has 1 aromatic carbocycles. The van der Waals surface area contributed by atoms with Crippen molar-refractivity contribution in [2.75, 3.05) is 6.54 Å². The topological polar surface area (TPSA) is 161 Å². The maximum atomic E-state index is 13.3. The molecule has 2 heterocycles. The number of hydrogen-bond acceptors (Lipinski definition) is 7. The maximum absolute atomic E-state index is 13.3. The largest absolute Gasteiger partial charge is 0.445 e. The molecule has 1 aliphatic heterocycles. The standard InChI is InChI=1S/C27H36N6O6/c1-16(2)21(24(35)30-20-14-19-10-11-29-33(19)13-12-28-26(37)23(20)34)31-25(36)22(17(3)4)32-27(38)39-15-18-8-6-5-7-9-18/h5-11,16-17,20-22H,12-15H2,1-4H3,(H,28,37)(H,30,35)(H,31,36)(H,32,38). The lowest BCUT2D eigenvalue weighted by atomic mass is 9.98. The van der Waals surface area contributed by atoms with Gasteiger partial charge in [-0.15, -0.1) is 0 Å². The summed E-state index contributed by atoms with van der Waals surface area (Å²) in [6.45, 7) is 7.64. The highest BCUT2D eigenvalue weighted by Gasteiger charge is 2.35. The highest BCUT2D eigenvalue weighted by atomic mass is 16.5. The highest BCUT2D eigenvalue weighted by molar-refractivity contribution is 6.38. The summed E-state index contributed by atoms with van der Waals surface area (Å²) in [6, 6.07) is 7.69. The average Bonchev–Trinajstić information content (AvgIpc) is 3.35. The zero-order valence-corrected chi connectivity index (χ0v) is 22.6. The Bertz CT molecular complexity index is 1180. The number of Topliss-reactive ketones (excluding diaryl/α,β-unsaturated/α-hetero) is 1. The first-order chi connectivity index (χ1) is 18.6. The van der Waals surface area contributed by atoms with Crippen LogP contribution in [0.4, 0.5) is 4.79 Å². The Labute approximate surface area is 227 Å². The fourth-order valence-electron chi connectivity index (χ4n) is 4.14. The summed E-state index contributed by atoms with van der Waals surface area (Å²) >= 11 is 0.